The number of rotatable bonds is 5. The van der Waals surface area contributed by atoms with Gasteiger partial charge in [0.1, 0.15) is 5.82 Å². The minimum absolute atomic E-state index is 0.0135. The van der Waals surface area contributed by atoms with Crippen LogP contribution in [0.1, 0.15) is 77.0 Å². The van der Waals surface area contributed by atoms with E-state index in [4.69, 9.17) is 4.98 Å². The number of nitrogens with zero attached hydrogens (tertiary/aromatic N) is 3. The summed E-state index contributed by atoms with van der Waals surface area (Å²) in [5.74, 6) is 0.996. The van der Waals surface area contributed by atoms with Crippen molar-refractivity contribution in [3.8, 4) is 0 Å². The van der Waals surface area contributed by atoms with E-state index >= 15 is 0 Å². The van der Waals surface area contributed by atoms with E-state index in [1.807, 2.05) is 20.3 Å². The average Bonchev–Trinajstić information content (AvgIpc) is 2.43. The molecule has 0 radical (unpaired) electrons. The molecule has 0 spiro atoms. The Bertz CT molecular complexity index is 617. The molecule has 0 bridgehead atoms. The Hall–Kier alpha value is -1.49. The molecule has 1 aliphatic rings. The first-order valence-corrected chi connectivity index (χ1v) is 9.28. The van der Waals surface area contributed by atoms with E-state index < -0.39 is 0 Å². The molecular weight excluding hydrogens is 312 g/mol. The van der Waals surface area contributed by atoms with Crippen LogP contribution in [0.5, 0.6) is 0 Å². The van der Waals surface area contributed by atoms with Crippen LogP contribution in [0.15, 0.2) is 6.20 Å². The summed E-state index contributed by atoms with van der Waals surface area (Å²) in [5.41, 5.74) is 2.24. The molecule has 1 aliphatic carbocycles. The molecule has 1 heterocycles. The van der Waals surface area contributed by atoms with Gasteiger partial charge in [-0.15, -0.1) is 0 Å². The summed E-state index contributed by atoms with van der Waals surface area (Å²) in [6, 6.07) is 0.0135. The second-order valence-electron chi connectivity index (χ2n) is 9.42. The number of carbonyl (C=O) groups is 1. The second-order valence-corrected chi connectivity index (χ2v) is 9.42. The van der Waals surface area contributed by atoms with Crippen molar-refractivity contribution in [1.82, 2.24) is 20.2 Å². The van der Waals surface area contributed by atoms with Gasteiger partial charge in [0.25, 0.3) is 0 Å². The number of aromatic nitrogens is 2. The van der Waals surface area contributed by atoms with Crippen molar-refractivity contribution < 1.29 is 4.79 Å². The third kappa shape index (κ3) is 5.50. The fraction of sp³-hybridized carbons (Fsp3) is 0.750. The molecule has 2 rings (SSSR count). The van der Waals surface area contributed by atoms with Crippen molar-refractivity contribution in [1.29, 1.82) is 0 Å². The van der Waals surface area contributed by atoms with Crippen LogP contribution in [0.4, 0.5) is 0 Å². The summed E-state index contributed by atoms with van der Waals surface area (Å²) in [7, 11) is 4.06. The van der Waals surface area contributed by atoms with Crippen molar-refractivity contribution in [2.45, 2.75) is 71.8 Å². The van der Waals surface area contributed by atoms with Gasteiger partial charge in [0.15, 0.2) is 0 Å². The van der Waals surface area contributed by atoms with E-state index in [1.165, 1.54) is 0 Å². The first-order chi connectivity index (χ1) is 11.5. The maximum absolute atomic E-state index is 12.4. The first-order valence-electron chi connectivity index (χ1n) is 9.28. The van der Waals surface area contributed by atoms with Gasteiger partial charge in [-0.2, -0.15) is 0 Å². The quantitative estimate of drug-likeness (QED) is 0.889. The Morgan fingerprint density at radius 1 is 1.36 bits per heavy atom. The molecule has 5 heteroatoms. The predicted molar refractivity (Wildman–Crippen MR) is 102 cm³/mol. The van der Waals surface area contributed by atoms with E-state index in [-0.39, 0.29) is 22.8 Å². The van der Waals surface area contributed by atoms with Gasteiger partial charge in [-0.05, 0) is 45.3 Å². The molecule has 0 fully saturated rings. The Morgan fingerprint density at radius 3 is 2.64 bits per heavy atom. The van der Waals surface area contributed by atoms with E-state index in [9.17, 15) is 4.79 Å². The minimum Gasteiger partial charge on any atom is -0.349 e. The van der Waals surface area contributed by atoms with Crippen LogP contribution in [0.25, 0.3) is 0 Å². The summed E-state index contributed by atoms with van der Waals surface area (Å²) in [5, 5.41) is 3.23. The number of carbonyl (C=O) groups excluding carboxylic acids is 1. The highest BCUT2D eigenvalue weighted by Gasteiger charge is 2.35. The third-order valence-electron chi connectivity index (χ3n) is 4.69. The van der Waals surface area contributed by atoms with E-state index in [1.54, 1.807) is 0 Å². The molecule has 5 nitrogen and oxygen atoms in total. The van der Waals surface area contributed by atoms with Gasteiger partial charge in [0, 0.05) is 29.3 Å². The number of nitrogens with one attached hydrogen (secondary N) is 1. The summed E-state index contributed by atoms with van der Waals surface area (Å²) in [4.78, 5) is 23.9. The van der Waals surface area contributed by atoms with Gasteiger partial charge in [0.2, 0.25) is 5.91 Å². The Kier molecular flexibility index (Phi) is 5.87. The SMILES string of the molecule is CN(C)CCCC(=O)NC1CC(C)(C)Cc2nc(C(C)(C)C)ncc21. The molecule has 1 atom stereocenters. The van der Waals surface area contributed by atoms with E-state index in [0.717, 1.165) is 42.9 Å². The van der Waals surface area contributed by atoms with Gasteiger partial charge < -0.3 is 10.2 Å². The summed E-state index contributed by atoms with van der Waals surface area (Å²) in [6.45, 7) is 11.8. The summed E-state index contributed by atoms with van der Waals surface area (Å²) >= 11 is 0. The lowest BCUT2D eigenvalue weighted by Gasteiger charge is -2.37. The zero-order valence-electron chi connectivity index (χ0n) is 16.9. The normalized spacial score (nSPS) is 19.6. The molecule has 25 heavy (non-hydrogen) atoms. The number of hydrogen-bond donors (Lipinski definition) is 1. The van der Waals surface area contributed by atoms with Crippen molar-refractivity contribution in [3.05, 3.63) is 23.3 Å². The van der Waals surface area contributed by atoms with Crippen LogP contribution < -0.4 is 5.32 Å². The van der Waals surface area contributed by atoms with Crippen LogP contribution in [0, 0.1) is 5.41 Å². The van der Waals surface area contributed by atoms with Gasteiger partial charge >= 0.3 is 0 Å². The van der Waals surface area contributed by atoms with Crippen LogP contribution in [-0.4, -0.2) is 41.4 Å². The fourth-order valence-corrected chi connectivity index (χ4v) is 3.36. The highest BCUT2D eigenvalue weighted by molar-refractivity contribution is 5.76. The van der Waals surface area contributed by atoms with E-state index in [0.29, 0.717) is 6.42 Å². The largest absolute Gasteiger partial charge is 0.349 e. The number of hydrogen-bond acceptors (Lipinski definition) is 4. The monoisotopic (exact) mass is 346 g/mol. The minimum atomic E-state index is -0.0679. The molecular formula is C20H34N4O. The van der Waals surface area contributed by atoms with E-state index in [2.05, 4.69) is 49.8 Å². The summed E-state index contributed by atoms with van der Waals surface area (Å²) < 4.78 is 0. The number of fused-ring (bicyclic) bond motifs is 1. The molecule has 1 aromatic rings. The average molecular weight is 347 g/mol. The van der Waals surface area contributed by atoms with Crippen molar-refractivity contribution in [2.24, 2.45) is 5.41 Å². The molecule has 0 aliphatic heterocycles. The van der Waals surface area contributed by atoms with Crippen LogP contribution in [0.2, 0.25) is 0 Å². The predicted octanol–water partition coefficient (Wildman–Crippen LogP) is 3.25. The smallest absolute Gasteiger partial charge is 0.220 e. The highest BCUT2D eigenvalue weighted by Crippen LogP contribution is 2.40. The maximum atomic E-state index is 12.4. The molecule has 140 valence electrons. The Morgan fingerprint density at radius 2 is 2.04 bits per heavy atom. The van der Waals surface area contributed by atoms with Crippen molar-refractivity contribution in [3.63, 3.8) is 0 Å². The van der Waals surface area contributed by atoms with Gasteiger partial charge in [-0.1, -0.05) is 34.6 Å². The van der Waals surface area contributed by atoms with Gasteiger partial charge in [-0.3, -0.25) is 4.79 Å². The molecule has 1 unspecified atom stereocenters. The van der Waals surface area contributed by atoms with Gasteiger partial charge in [0.05, 0.1) is 6.04 Å². The lowest BCUT2D eigenvalue weighted by molar-refractivity contribution is -0.122. The third-order valence-corrected chi connectivity index (χ3v) is 4.69. The van der Waals surface area contributed by atoms with Crippen LogP contribution in [-0.2, 0) is 16.6 Å². The molecule has 1 aromatic heterocycles. The maximum Gasteiger partial charge on any atom is 0.220 e. The van der Waals surface area contributed by atoms with Crippen molar-refractivity contribution >= 4 is 5.91 Å². The molecule has 0 saturated heterocycles. The fourth-order valence-electron chi connectivity index (χ4n) is 3.36. The second kappa shape index (κ2) is 7.40. The Balaban J connectivity index is 2.16. The van der Waals surface area contributed by atoms with Gasteiger partial charge in [-0.25, -0.2) is 9.97 Å². The topological polar surface area (TPSA) is 58.1 Å². The zero-order valence-corrected chi connectivity index (χ0v) is 16.9. The lowest BCUT2D eigenvalue weighted by Crippen LogP contribution is -2.37. The lowest BCUT2D eigenvalue weighted by atomic mass is 9.74. The molecule has 1 amide bonds. The first kappa shape index (κ1) is 19.8. The molecule has 0 aromatic carbocycles. The number of amides is 1. The molecule has 1 N–H and O–H groups in total. The molecule has 0 saturated carbocycles. The Labute approximate surface area is 152 Å². The van der Waals surface area contributed by atoms with Crippen LogP contribution in [0.3, 0.4) is 0 Å². The highest BCUT2D eigenvalue weighted by atomic mass is 16.1. The zero-order chi connectivity index (χ0) is 18.8. The van der Waals surface area contributed by atoms with Crippen molar-refractivity contribution in [2.75, 3.05) is 20.6 Å². The summed E-state index contributed by atoms with van der Waals surface area (Å²) in [6.07, 6.45) is 5.23. The standard InChI is InChI=1S/C20H34N4O/c1-19(2,3)18-21-13-14-15(11-20(4,5)12-16(14)23-18)22-17(25)9-8-10-24(6)7/h13,15H,8-12H2,1-7H3,(H,22,25). The van der Waals surface area contributed by atoms with Crippen LogP contribution >= 0.6 is 0 Å².